The lowest BCUT2D eigenvalue weighted by Crippen LogP contribution is -2.46. The lowest BCUT2D eigenvalue weighted by Gasteiger charge is -2.34. The third-order valence-electron chi connectivity index (χ3n) is 2.83. The second kappa shape index (κ2) is 5.37. The van der Waals surface area contributed by atoms with Crippen LogP contribution in [0.3, 0.4) is 0 Å². The molecule has 1 unspecified atom stereocenters. The molecule has 0 spiro atoms. The lowest BCUT2D eigenvalue weighted by molar-refractivity contribution is 0.0465. The molecule has 0 radical (unpaired) electrons. The molecule has 0 bridgehead atoms. The van der Waals surface area contributed by atoms with Crippen LogP contribution in [0, 0.1) is 11.3 Å². The zero-order chi connectivity index (χ0) is 12.3. The van der Waals surface area contributed by atoms with Crippen molar-refractivity contribution in [2.24, 2.45) is 5.73 Å². The van der Waals surface area contributed by atoms with Crippen molar-refractivity contribution in [3.05, 3.63) is 28.8 Å². The number of anilines is 1. The highest BCUT2D eigenvalue weighted by Gasteiger charge is 2.23. The monoisotopic (exact) mass is 251 g/mol. The molecular formula is C12H14ClN3O. The molecule has 0 aromatic heterocycles. The Kier molecular flexibility index (Phi) is 3.85. The molecule has 0 aliphatic carbocycles. The van der Waals surface area contributed by atoms with Crippen LogP contribution in [0.2, 0.25) is 5.02 Å². The van der Waals surface area contributed by atoms with Gasteiger partial charge in [-0.1, -0.05) is 17.7 Å². The van der Waals surface area contributed by atoms with Gasteiger partial charge >= 0.3 is 0 Å². The summed E-state index contributed by atoms with van der Waals surface area (Å²) in [4.78, 5) is 2.07. The highest BCUT2D eigenvalue weighted by Crippen LogP contribution is 2.30. The molecule has 4 nitrogen and oxygen atoms in total. The third-order valence-corrected chi connectivity index (χ3v) is 3.13. The zero-order valence-corrected chi connectivity index (χ0v) is 10.2. The first-order valence-corrected chi connectivity index (χ1v) is 5.89. The minimum Gasteiger partial charge on any atom is -0.373 e. The Bertz CT molecular complexity index is 444. The Hall–Kier alpha value is -1.28. The van der Waals surface area contributed by atoms with E-state index in [1.807, 2.05) is 0 Å². The summed E-state index contributed by atoms with van der Waals surface area (Å²) >= 11 is 6.17. The molecule has 5 heteroatoms. The van der Waals surface area contributed by atoms with Crippen molar-refractivity contribution in [1.82, 2.24) is 0 Å². The number of para-hydroxylation sites is 1. The summed E-state index contributed by atoms with van der Waals surface area (Å²) in [6, 6.07) is 7.52. The minimum atomic E-state index is 0.00608. The zero-order valence-electron chi connectivity index (χ0n) is 9.40. The number of hydrogen-bond acceptors (Lipinski definition) is 4. The molecule has 1 aromatic rings. The second-order valence-electron chi connectivity index (χ2n) is 3.92. The maximum Gasteiger partial charge on any atom is 0.101 e. The molecule has 1 fully saturated rings. The number of nitrogens with two attached hydrogens (primary N) is 1. The molecule has 0 saturated carbocycles. The fourth-order valence-electron chi connectivity index (χ4n) is 1.99. The van der Waals surface area contributed by atoms with Crippen molar-refractivity contribution in [2.75, 3.05) is 31.1 Å². The molecule has 0 amide bonds. The number of morpholine rings is 1. The van der Waals surface area contributed by atoms with Crippen LogP contribution in [0.25, 0.3) is 0 Å². The van der Waals surface area contributed by atoms with Gasteiger partial charge in [-0.2, -0.15) is 5.26 Å². The molecule has 1 heterocycles. The van der Waals surface area contributed by atoms with Crippen LogP contribution in [0.15, 0.2) is 18.2 Å². The molecule has 1 aliphatic heterocycles. The summed E-state index contributed by atoms with van der Waals surface area (Å²) in [5, 5.41) is 9.70. The summed E-state index contributed by atoms with van der Waals surface area (Å²) < 4.78 is 5.50. The van der Waals surface area contributed by atoms with Crippen LogP contribution in [-0.2, 0) is 4.74 Å². The quantitative estimate of drug-likeness (QED) is 0.863. The predicted molar refractivity (Wildman–Crippen MR) is 67.2 cm³/mol. The summed E-state index contributed by atoms with van der Waals surface area (Å²) in [6.07, 6.45) is 0.00608. The topological polar surface area (TPSA) is 62.3 Å². The first-order valence-electron chi connectivity index (χ1n) is 5.51. The van der Waals surface area contributed by atoms with E-state index in [9.17, 15) is 0 Å². The van der Waals surface area contributed by atoms with Gasteiger partial charge in [-0.05, 0) is 12.1 Å². The van der Waals surface area contributed by atoms with E-state index in [0.717, 1.165) is 12.2 Å². The average molecular weight is 252 g/mol. The number of hydrogen-bond donors (Lipinski definition) is 1. The van der Waals surface area contributed by atoms with Crippen molar-refractivity contribution >= 4 is 17.3 Å². The normalized spacial score (nSPS) is 20.1. The van der Waals surface area contributed by atoms with Crippen molar-refractivity contribution in [2.45, 2.75) is 6.10 Å². The van der Waals surface area contributed by atoms with Crippen LogP contribution < -0.4 is 10.6 Å². The van der Waals surface area contributed by atoms with E-state index in [-0.39, 0.29) is 6.10 Å². The van der Waals surface area contributed by atoms with Crippen LogP contribution >= 0.6 is 11.6 Å². The van der Waals surface area contributed by atoms with Gasteiger partial charge in [0, 0.05) is 19.6 Å². The fraction of sp³-hybridized carbons (Fsp3) is 0.417. The lowest BCUT2D eigenvalue weighted by atomic mass is 10.1. The maximum atomic E-state index is 9.11. The Morgan fingerprint density at radius 2 is 2.41 bits per heavy atom. The Morgan fingerprint density at radius 3 is 3.12 bits per heavy atom. The van der Waals surface area contributed by atoms with Gasteiger partial charge in [-0.3, -0.25) is 0 Å². The van der Waals surface area contributed by atoms with Crippen LogP contribution in [-0.4, -0.2) is 32.3 Å². The molecule has 1 atom stereocenters. The number of halogens is 1. The number of nitriles is 1. The second-order valence-corrected chi connectivity index (χ2v) is 4.33. The van der Waals surface area contributed by atoms with Gasteiger partial charge in [0.05, 0.1) is 29.0 Å². The summed E-state index contributed by atoms with van der Waals surface area (Å²) in [7, 11) is 0. The van der Waals surface area contributed by atoms with Crippen LogP contribution in [0.4, 0.5) is 5.69 Å². The van der Waals surface area contributed by atoms with Gasteiger partial charge in [0.15, 0.2) is 0 Å². The van der Waals surface area contributed by atoms with E-state index in [0.29, 0.717) is 30.3 Å². The van der Waals surface area contributed by atoms with Gasteiger partial charge in [-0.25, -0.2) is 0 Å². The standard InChI is InChI=1S/C12H14ClN3O/c13-11-3-1-2-9(6-14)12(11)16-4-5-17-10(7-15)8-16/h1-3,10H,4-5,7-8,15H2. The van der Waals surface area contributed by atoms with E-state index in [1.165, 1.54) is 0 Å². The Balaban J connectivity index is 2.30. The SMILES string of the molecule is N#Cc1cccc(Cl)c1N1CCOC(CN)C1. The van der Waals surface area contributed by atoms with Gasteiger partial charge in [0.25, 0.3) is 0 Å². The van der Waals surface area contributed by atoms with E-state index >= 15 is 0 Å². The number of ether oxygens (including phenoxy) is 1. The first kappa shape index (κ1) is 12.2. The molecule has 2 N–H and O–H groups in total. The highest BCUT2D eigenvalue weighted by atomic mass is 35.5. The molecule has 2 rings (SSSR count). The minimum absolute atomic E-state index is 0.00608. The Labute approximate surface area is 106 Å². The molecular weight excluding hydrogens is 238 g/mol. The van der Waals surface area contributed by atoms with E-state index < -0.39 is 0 Å². The summed E-state index contributed by atoms with van der Waals surface area (Å²) in [5.74, 6) is 0. The average Bonchev–Trinajstić information content (AvgIpc) is 2.38. The smallest absolute Gasteiger partial charge is 0.101 e. The van der Waals surface area contributed by atoms with E-state index in [1.54, 1.807) is 18.2 Å². The fourth-order valence-corrected chi connectivity index (χ4v) is 2.29. The number of rotatable bonds is 2. The van der Waals surface area contributed by atoms with Gasteiger partial charge in [0.1, 0.15) is 6.07 Å². The van der Waals surface area contributed by atoms with Crippen molar-refractivity contribution < 1.29 is 4.74 Å². The number of benzene rings is 1. The van der Waals surface area contributed by atoms with E-state index in [4.69, 9.17) is 27.3 Å². The molecule has 1 aliphatic rings. The van der Waals surface area contributed by atoms with Crippen molar-refractivity contribution in [1.29, 1.82) is 5.26 Å². The van der Waals surface area contributed by atoms with Gasteiger partial charge in [-0.15, -0.1) is 0 Å². The van der Waals surface area contributed by atoms with Crippen LogP contribution in [0.1, 0.15) is 5.56 Å². The van der Waals surface area contributed by atoms with Crippen molar-refractivity contribution in [3.8, 4) is 6.07 Å². The summed E-state index contributed by atoms with van der Waals surface area (Å²) in [5.41, 5.74) is 6.99. The first-order chi connectivity index (χ1) is 8.26. The number of nitrogens with zero attached hydrogens (tertiary/aromatic N) is 2. The van der Waals surface area contributed by atoms with Gasteiger partial charge < -0.3 is 15.4 Å². The molecule has 1 saturated heterocycles. The van der Waals surface area contributed by atoms with Crippen molar-refractivity contribution in [3.63, 3.8) is 0 Å². The molecule has 17 heavy (non-hydrogen) atoms. The summed E-state index contributed by atoms with van der Waals surface area (Å²) in [6.45, 7) is 2.49. The van der Waals surface area contributed by atoms with Crippen LogP contribution in [0.5, 0.6) is 0 Å². The molecule has 90 valence electrons. The highest BCUT2D eigenvalue weighted by molar-refractivity contribution is 6.33. The largest absolute Gasteiger partial charge is 0.373 e. The predicted octanol–water partition coefficient (Wildman–Crippen LogP) is 1.38. The Morgan fingerprint density at radius 1 is 1.59 bits per heavy atom. The molecule has 1 aromatic carbocycles. The maximum absolute atomic E-state index is 9.11. The van der Waals surface area contributed by atoms with E-state index in [2.05, 4.69) is 11.0 Å². The van der Waals surface area contributed by atoms with Gasteiger partial charge in [0.2, 0.25) is 0 Å². The third kappa shape index (κ3) is 2.52.